The molecule has 1 aromatic heterocycles. The van der Waals surface area contributed by atoms with E-state index in [0.29, 0.717) is 0 Å². The average Bonchev–Trinajstić information content (AvgIpc) is 3.00. The third-order valence-electron chi connectivity index (χ3n) is 3.63. The van der Waals surface area contributed by atoms with Crippen molar-refractivity contribution in [3.63, 3.8) is 0 Å². The lowest BCUT2D eigenvalue weighted by Crippen LogP contribution is -2.43. The third kappa shape index (κ3) is 3.34. The van der Waals surface area contributed by atoms with Crippen molar-refractivity contribution in [2.45, 2.75) is 31.7 Å². The average molecular weight is 298 g/mol. The Morgan fingerprint density at radius 2 is 2.05 bits per heavy atom. The van der Waals surface area contributed by atoms with Crippen LogP contribution in [-0.2, 0) is 9.53 Å². The zero-order valence-electron chi connectivity index (χ0n) is 11.6. The van der Waals surface area contributed by atoms with Gasteiger partial charge in [-0.3, -0.25) is 9.59 Å². The summed E-state index contributed by atoms with van der Waals surface area (Å²) in [5.74, 6) is -3.93. The fraction of sp³-hybridized carbons (Fsp3) is 0.500. The van der Waals surface area contributed by atoms with E-state index in [1.54, 1.807) is 0 Å². The third-order valence-corrected chi connectivity index (χ3v) is 3.63. The molecule has 5 nitrogen and oxygen atoms in total. The second-order valence-corrected chi connectivity index (χ2v) is 4.91. The highest BCUT2D eigenvalue weighted by Crippen LogP contribution is 2.25. The Hall–Kier alpha value is -2.05. The number of aromatic nitrogens is 1. The zero-order valence-corrected chi connectivity index (χ0v) is 11.6. The van der Waals surface area contributed by atoms with Crippen molar-refractivity contribution >= 4 is 11.9 Å². The van der Waals surface area contributed by atoms with Crippen LogP contribution < -0.4 is 0 Å². The van der Waals surface area contributed by atoms with Crippen molar-refractivity contribution in [3.8, 4) is 0 Å². The molecule has 0 radical (unpaired) electrons. The highest BCUT2D eigenvalue weighted by Gasteiger charge is 2.31. The quantitative estimate of drug-likeness (QED) is 0.629. The molecule has 0 saturated heterocycles. The van der Waals surface area contributed by atoms with Gasteiger partial charge >= 0.3 is 5.97 Å². The second kappa shape index (κ2) is 6.60. The van der Waals surface area contributed by atoms with Crippen LogP contribution in [-0.4, -0.2) is 41.5 Å². The molecular formula is C14H16F2N2O3. The first-order chi connectivity index (χ1) is 10.0. The molecule has 21 heavy (non-hydrogen) atoms. The predicted molar refractivity (Wildman–Crippen MR) is 69.5 cm³/mol. The summed E-state index contributed by atoms with van der Waals surface area (Å²) < 4.78 is 31.4. The molecule has 1 aliphatic carbocycles. The summed E-state index contributed by atoms with van der Waals surface area (Å²) in [5.41, 5.74) is -0.418. The summed E-state index contributed by atoms with van der Waals surface area (Å²) >= 11 is 0. The van der Waals surface area contributed by atoms with Crippen LogP contribution in [0.25, 0.3) is 0 Å². The summed E-state index contributed by atoms with van der Waals surface area (Å²) in [4.78, 5) is 28.3. The number of carbonyl (C=O) groups excluding carboxylic acids is 2. The number of halogens is 2. The van der Waals surface area contributed by atoms with Crippen LogP contribution in [0.2, 0.25) is 0 Å². The maximum absolute atomic E-state index is 13.7. The molecular weight excluding hydrogens is 282 g/mol. The number of pyridine rings is 1. The highest BCUT2D eigenvalue weighted by atomic mass is 19.2. The molecule has 0 aliphatic heterocycles. The first-order valence-electron chi connectivity index (χ1n) is 6.72. The molecule has 0 unspecified atom stereocenters. The van der Waals surface area contributed by atoms with Crippen molar-refractivity contribution < 1.29 is 23.1 Å². The minimum Gasteiger partial charge on any atom is -0.468 e. The van der Waals surface area contributed by atoms with Gasteiger partial charge in [0.2, 0.25) is 5.95 Å². The second-order valence-electron chi connectivity index (χ2n) is 4.91. The normalized spacial score (nSPS) is 15.0. The summed E-state index contributed by atoms with van der Waals surface area (Å²) in [6.45, 7) is -0.274. The smallest absolute Gasteiger partial charge is 0.325 e. The molecule has 7 heteroatoms. The molecule has 0 atom stereocenters. The number of ether oxygens (including phenoxy) is 1. The first kappa shape index (κ1) is 15.3. The van der Waals surface area contributed by atoms with Crippen LogP contribution in [0.15, 0.2) is 12.3 Å². The number of rotatable bonds is 4. The fourth-order valence-electron chi connectivity index (χ4n) is 2.52. The van der Waals surface area contributed by atoms with Crippen molar-refractivity contribution in [1.82, 2.24) is 9.88 Å². The van der Waals surface area contributed by atoms with Crippen molar-refractivity contribution in [1.29, 1.82) is 0 Å². The Kier molecular flexibility index (Phi) is 4.82. The number of amides is 1. The van der Waals surface area contributed by atoms with E-state index in [2.05, 4.69) is 9.72 Å². The van der Waals surface area contributed by atoms with E-state index in [0.717, 1.165) is 37.9 Å². The lowest BCUT2D eigenvalue weighted by atomic mass is 10.1. The van der Waals surface area contributed by atoms with Gasteiger partial charge < -0.3 is 9.64 Å². The number of nitrogens with zero attached hydrogens (tertiary/aromatic N) is 2. The van der Waals surface area contributed by atoms with Gasteiger partial charge in [0, 0.05) is 12.2 Å². The number of hydrogen-bond acceptors (Lipinski definition) is 4. The van der Waals surface area contributed by atoms with E-state index < -0.39 is 29.2 Å². The van der Waals surface area contributed by atoms with Crippen LogP contribution in [0, 0.1) is 11.8 Å². The van der Waals surface area contributed by atoms with Gasteiger partial charge in [-0.15, -0.1) is 0 Å². The Labute approximate surface area is 120 Å². The van der Waals surface area contributed by atoms with E-state index in [4.69, 9.17) is 0 Å². The summed E-state index contributed by atoms with van der Waals surface area (Å²) in [7, 11) is 1.21. The van der Waals surface area contributed by atoms with Gasteiger partial charge in [0.25, 0.3) is 5.91 Å². The van der Waals surface area contributed by atoms with Crippen LogP contribution in [0.5, 0.6) is 0 Å². The van der Waals surface area contributed by atoms with Crippen molar-refractivity contribution in [2.24, 2.45) is 0 Å². The van der Waals surface area contributed by atoms with Gasteiger partial charge in [0.1, 0.15) is 6.54 Å². The fourth-order valence-corrected chi connectivity index (χ4v) is 2.52. The summed E-state index contributed by atoms with van der Waals surface area (Å²) in [5, 5.41) is 0. The molecule has 0 spiro atoms. The van der Waals surface area contributed by atoms with Gasteiger partial charge in [0.05, 0.1) is 12.7 Å². The minimum absolute atomic E-state index is 0.160. The van der Waals surface area contributed by atoms with E-state index in [1.165, 1.54) is 12.0 Å². The van der Waals surface area contributed by atoms with E-state index in [1.807, 2.05) is 0 Å². The number of hydrogen-bond donors (Lipinski definition) is 0. The Bertz CT molecular complexity index is 545. The van der Waals surface area contributed by atoms with Gasteiger partial charge in [-0.2, -0.15) is 4.39 Å². The molecule has 0 bridgehead atoms. The molecule has 1 saturated carbocycles. The highest BCUT2D eigenvalue weighted by molar-refractivity contribution is 5.96. The Morgan fingerprint density at radius 3 is 2.67 bits per heavy atom. The van der Waals surface area contributed by atoms with Crippen molar-refractivity contribution in [3.05, 3.63) is 29.6 Å². The van der Waals surface area contributed by atoms with Gasteiger partial charge in [-0.25, -0.2) is 9.37 Å². The van der Waals surface area contributed by atoms with Crippen LogP contribution >= 0.6 is 0 Å². The molecule has 114 valence electrons. The molecule has 1 heterocycles. The molecule has 0 N–H and O–H groups in total. The first-order valence-corrected chi connectivity index (χ1v) is 6.72. The lowest BCUT2D eigenvalue weighted by Gasteiger charge is -2.28. The minimum atomic E-state index is -1.33. The van der Waals surface area contributed by atoms with Crippen molar-refractivity contribution in [2.75, 3.05) is 13.7 Å². The number of carbonyl (C=O) groups is 2. The lowest BCUT2D eigenvalue weighted by molar-refractivity contribution is -0.141. The Balaban J connectivity index is 2.28. The molecule has 0 aromatic carbocycles. The Morgan fingerprint density at radius 1 is 1.38 bits per heavy atom. The number of esters is 1. The molecule has 1 aromatic rings. The van der Waals surface area contributed by atoms with Crippen LogP contribution in [0.1, 0.15) is 36.0 Å². The van der Waals surface area contributed by atoms with Crippen LogP contribution in [0.3, 0.4) is 0 Å². The van der Waals surface area contributed by atoms with Gasteiger partial charge in [-0.05, 0) is 18.9 Å². The number of methoxy groups -OCH3 is 1. The summed E-state index contributed by atoms with van der Waals surface area (Å²) in [6, 6.07) is 0.951. The maximum Gasteiger partial charge on any atom is 0.325 e. The molecule has 2 rings (SSSR count). The van der Waals surface area contributed by atoms with E-state index in [-0.39, 0.29) is 12.6 Å². The maximum atomic E-state index is 13.7. The van der Waals surface area contributed by atoms with Gasteiger partial charge in [0.15, 0.2) is 5.82 Å². The van der Waals surface area contributed by atoms with Gasteiger partial charge in [-0.1, -0.05) is 12.8 Å². The standard InChI is InChI=1S/C14H16F2N2O3/c1-21-11(19)8-18(9-4-2-3-5-9)14(20)10-6-7-17-13(16)12(10)15/h6-7,9H,2-5,8H2,1H3. The SMILES string of the molecule is COC(=O)CN(C(=O)c1ccnc(F)c1F)C1CCCC1. The monoisotopic (exact) mass is 298 g/mol. The predicted octanol–water partition coefficient (Wildman–Crippen LogP) is 1.92. The van der Waals surface area contributed by atoms with E-state index >= 15 is 0 Å². The summed E-state index contributed by atoms with van der Waals surface area (Å²) in [6.07, 6.45) is 4.36. The van der Waals surface area contributed by atoms with Crippen LogP contribution in [0.4, 0.5) is 8.78 Å². The molecule has 1 fully saturated rings. The largest absolute Gasteiger partial charge is 0.468 e. The topological polar surface area (TPSA) is 59.5 Å². The molecule has 1 amide bonds. The molecule has 1 aliphatic rings. The zero-order chi connectivity index (χ0) is 15.4. The van der Waals surface area contributed by atoms with E-state index in [9.17, 15) is 18.4 Å².